The molecular formula is C21H25Cl2N5O5. The number of nitrogens with zero attached hydrogens (tertiary/aromatic N) is 2. The zero-order valence-corrected chi connectivity index (χ0v) is 19.9. The van der Waals surface area contributed by atoms with Gasteiger partial charge in [-0.2, -0.15) is 0 Å². The van der Waals surface area contributed by atoms with E-state index in [2.05, 4.69) is 21.0 Å². The fourth-order valence-corrected chi connectivity index (χ4v) is 3.69. The van der Waals surface area contributed by atoms with Crippen molar-refractivity contribution in [3.8, 4) is 0 Å². The molecule has 0 unspecified atom stereocenters. The van der Waals surface area contributed by atoms with E-state index in [1.54, 1.807) is 26.8 Å². The predicted octanol–water partition coefficient (Wildman–Crippen LogP) is 3.29. The van der Waals surface area contributed by atoms with Crippen molar-refractivity contribution in [3.63, 3.8) is 0 Å². The first-order valence-corrected chi connectivity index (χ1v) is 11.1. The number of nitrogens with one attached hydrogen (secondary N) is 3. The van der Waals surface area contributed by atoms with Gasteiger partial charge >= 0.3 is 6.16 Å². The maximum Gasteiger partial charge on any atom is 0.535 e. The summed E-state index contributed by atoms with van der Waals surface area (Å²) >= 11 is 12.2. The third kappa shape index (κ3) is 6.83. The topological polar surface area (TPSA) is 124 Å². The number of halogens is 2. The first-order chi connectivity index (χ1) is 15.5. The van der Waals surface area contributed by atoms with Gasteiger partial charge in [0.15, 0.2) is 5.69 Å². The minimum absolute atomic E-state index is 0.00554. The van der Waals surface area contributed by atoms with Crippen LogP contribution >= 0.6 is 23.2 Å². The highest BCUT2D eigenvalue weighted by molar-refractivity contribution is 6.40. The molecule has 1 aliphatic heterocycles. The lowest BCUT2D eigenvalue weighted by atomic mass is 10.1. The highest BCUT2D eigenvalue weighted by atomic mass is 35.5. The van der Waals surface area contributed by atoms with Crippen molar-refractivity contribution in [3.05, 3.63) is 45.7 Å². The molecule has 3 N–H and O–H groups in total. The fraction of sp³-hybridized carbons (Fsp3) is 0.429. The number of piperidine rings is 1. The van der Waals surface area contributed by atoms with Gasteiger partial charge in [-0.3, -0.25) is 14.4 Å². The maximum atomic E-state index is 12.9. The monoisotopic (exact) mass is 497 g/mol. The minimum Gasteiger partial charge on any atom is -0.427 e. The zero-order valence-electron chi connectivity index (χ0n) is 18.4. The summed E-state index contributed by atoms with van der Waals surface area (Å²) in [6.07, 6.45) is 1.65. The van der Waals surface area contributed by atoms with E-state index in [1.807, 2.05) is 0 Å². The van der Waals surface area contributed by atoms with E-state index >= 15 is 0 Å². The van der Waals surface area contributed by atoms with Gasteiger partial charge < -0.3 is 20.7 Å². The normalized spacial score (nSPS) is 14.5. The SMILES string of the molecule is CC(C)(C)OC(=O)On1cc(NC(=O)c2c(Cl)cccc2Cl)c(C(=O)NC2CCNCC2)n1. The molecule has 2 amide bonds. The number of ether oxygens (including phenoxy) is 1. The molecule has 1 saturated heterocycles. The second-order valence-corrected chi connectivity index (χ2v) is 9.21. The Balaban J connectivity index is 1.85. The van der Waals surface area contributed by atoms with Gasteiger partial charge in [-0.15, -0.1) is 5.10 Å². The van der Waals surface area contributed by atoms with E-state index in [4.69, 9.17) is 32.8 Å². The van der Waals surface area contributed by atoms with Gasteiger partial charge in [-0.1, -0.05) is 34.1 Å². The Morgan fingerprint density at radius 3 is 2.36 bits per heavy atom. The summed E-state index contributed by atoms with van der Waals surface area (Å²) in [5.74, 6) is -1.19. The van der Waals surface area contributed by atoms with Gasteiger partial charge in [0.1, 0.15) is 5.60 Å². The Morgan fingerprint density at radius 2 is 1.76 bits per heavy atom. The number of hydrogen-bond acceptors (Lipinski definition) is 7. The van der Waals surface area contributed by atoms with Crippen molar-refractivity contribution in [2.75, 3.05) is 18.4 Å². The molecule has 0 spiro atoms. The number of rotatable bonds is 5. The molecule has 0 saturated carbocycles. The number of carbonyl (C=O) groups excluding carboxylic acids is 3. The van der Waals surface area contributed by atoms with E-state index in [1.165, 1.54) is 18.3 Å². The molecule has 1 aliphatic rings. The number of benzene rings is 1. The third-order valence-corrected chi connectivity index (χ3v) is 5.21. The summed E-state index contributed by atoms with van der Waals surface area (Å²) in [5.41, 5.74) is -0.900. The molecule has 33 heavy (non-hydrogen) atoms. The summed E-state index contributed by atoms with van der Waals surface area (Å²) in [4.78, 5) is 43.6. The summed E-state index contributed by atoms with van der Waals surface area (Å²) < 4.78 is 5.10. The molecule has 2 aromatic rings. The smallest absolute Gasteiger partial charge is 0.427 e. The molecule has 178 valence electrons. The summed E-state index contributed by atoms with van der Waals surface area (Å²) in [5, 5.41) is 13.0. The van der Waals surface area contributed by atoms with Gasteiger partial charge in [0.2, 0.25) is 0 Å². The molecule has 0 bridgehead atoms. The number of anilines is 1. The molecule has 1 aromatic carbocycles. The molecule has 0 aliphatic carbocycles. The van der Waals surface area contributed by atoms with Crippen molar-refractivity contribution >= 4 is 46.9 Å². The molecule has 1 fully saturated rings. The van der Waals surface area contributed by atoms with Crippen LogP contribution in [0.3, 0.4) is 0 Å². The number of carbonyl (C=O) groups is 3. The predicted molar refractivity (Wildman–Crippen MR) is 123 cm³/mol. The number of aromatic nitrogens is 2. The molecular weight excluding hydrogens is 473 g/mol. The molecule has 0 atom stereocenters. The van der Waals surface area contributed by atoms with Crippen LogP contribution in [0.1, 0.15) is 54.5 Å². The Hall–Kier alpha value is -2.82. The van der Waals surface area contributed by atoms with Crippen LogP contribution in [-0.2, 0) is 4.74 Å². The van der Waals surface area contributed by atoms with Crippen LogP contribution < -0.4 is 20.8 Å². The third-order valence-electron chi connectivity index (χ3n) is 4.58. The second kappa shape index (κ2) is 10.4. The van der Waals surface area contributed by atoms with Gasteiger partial charge in [0, 0.05) is 6.04 Å². The van der Waals surface area contributed by atoms with E-state index < -0.39 is 23.6 Å². The van der Waals surface area contributed by atoms with Gasteiger partial charge in [-0.05, 0) is 58.8 Å². The Kier molecular flexibility index (Phi) is 7.83. The van der Waals surface area contributed by atoms with Crippen molar-refractivity contribution in [2.24, 2.45) is 0 Å². The van der Waals surface area contributed by atoms with Crippen LogP contribution in [0.25, 0.3) is 0 Å². The van der Waals surface area contributed by atoms with Crippen LogP contribution in [0.2, 0.25) is 10.0 Å². The van der Waals surface area contributed by atoms with Crippen molar-refractivity contribution in [2.45, 2.75) is 45.3 Å². The van der Waals surface area contributed by atoms with Crippen molar-refractivity contribution in [1.29, 1.82) is 0 Å². The second-order valence-electron chi connectivity index (χ2n) is 8.40. The first-order valence-electron chi connectivity index (χ1n) is 10.3. The van der Waals surface area contributed by atoms with Gasteiger partial charge in [0.05, 0.1) is 27.5 Å². The van der Waals surface area contributed by atoms with Crippen LogP contribution in [0.4, 0.5) is 10.5 Å². The molecule has 2 heterocycles. The van der Waals surface area contributed by atoms with E-state index in [9.17, 15) is 14.4 Å². The van der Waals surface area contributed by atoms with Crippen LogP contribution in [0.15, 0.2) is 24.4 Å². The quantitative estimate of drug-likeness (QED) is 0.541. The summed E-state index contributed by atoms with van der Waals surface area (Å²) in [6.45, 7) is 6.57. The first kappa shape index (κ1) is 24.8. The maximum absolute atomic E-state index is 12.9. The molecule has 10 nitrogen and oxygen atoms in total. The van der Waals surface area contributed by atoms with Gasteiger partial charge in [0.25, 0.3) is 11.8 Å². The average molecular weight is 498 g/mol. The molecule has 1 aromatic heterocycles. The van der Waals surface area contributed by atoms with Crippen molar-refractivity contribution in [1.82, 2.24) is 20.6 Å². The van der Waals surface area contributed by atoms with E-state index in [-0.39, 0.29) is 33.0 Å². The highest BCUT2D eigenvalue weighted by Gasteiger charge is 2.26. The van der Waals surface area contributed by atoms with Crippen LogP contribution in [0.5, 0.6) is 0 Å². The molecule has 3 rings (SSSR count). The van der Waals surface area contributed by atoms with Crippen LogP contribution in [0, 0.1) is 0 Å². The fourth-order valence-electron chi connectivity index (χ4n) is 3.12. The standard InChI is InChI=1S/C21H25Cl2N5O5/c1-21(2,3)32-20(31)33-28-11-15(26-18(29)16-13(22)5-4-6-14(16)23)17(27-28)19(30)25-12-7-9-24-10-8-12/h4-6,11-12,24H,7-10H2,1-3H3,(H,25,30)(H,26,29). The van der Waals surface area contributed by atoms with Crippen LogP contribution in [-0.4, -0.2) is 52.6 Å². The average Bonchev–Trinajstić information content (AvgIpc) is 3.09. The minimum atomic E-state index is -1.03. The summed E-state index contributed by atoms with van der Waals surface area (Å²) in [7, 11) is 0. The van der Waals surface area contributed by atoms with E-state index in [0.717, 1.165) is 30.8 Å². The summed E-state index contributed by atoms with van der Waals surface area (Å²) in [6, 6.07) is 4.58. The number of amides is 2. The molecule has 12 heteroatoms. The lowest BCUT2D eigenvalue weighted by Gasteiger charge is -2.23. The Labute approximate surface area is 200 Å². The lowest BCUT2D eigenvalue weighted by Crippen LogP contribution is -2.43. The highest BCUT2D eigenvalue weighted by Crippen LogP contribution is 2.26. The van der Waals surface area contributed by atoms with E-state index in [0.29, 0.717) is 0 Å². The Morgan fingerprint density at radius 1 is 1.12 bits per heavy atom. The largest absolute Gasteiger partial charge is 0.535 e. The lowest BCUT2D eigenvalue weighted by molar-refractivity contribution is -0.0173. The Bertz CT molecular complexity index is 1020. The zero-order chi connectivity index (χ0) is 24.2. The van der Waals surface area contributed by atoms with Crippen molar-refractivity contribution < 1.29 is 24.0 Å². The van der Waals surface area contributed by atoms with Gasteiger partial charge in [-0.25, -0.2) is 4.79 Å². The number of hydrogen-bond donors (Lipinski definition) is 3. The molecule has 0 radical (unpaired) electrons.